The summed E-state index contributed by atoms with van der Waals surface area (Å²) in [5.41, 5.74) is 3.33. The first-order valence-electron chi connectivity index (χ1n) is 10.0. The first-order chi connectivity index (χ1) is 15.0. The van der Waals surface area contributed by atoms with E-state index in [-0.39, 0.29) is 11.8 Å². The van der Waals surface area contributed by atoms with Crippen LogP contribution in [0.5, 0.6) is 0 Å². The number of halogens is 1. The van der Waals surface area contributed by atoms with Crippen LogP contribution < -0.4 is 10.6 Å². The van der Waals surface area contributed by atoms with Gasteiger partial charge in [0, 0.05) is 36.8 Å². The van der Waals surface area contributed by atoms with E-state index in [2.05, 4.69) is 33.6 Å². The van der Waals surface area contributed by atoms with Gasteiger partial charge in [0.05, 0.1) is 14.2 Å². The number of nitrogens with one attached hydrogen (secondary N) is 2. The van der Waals surface area contributed by atoms with Crippen molar-refractivity contribution in [2.75, 3.05) is 25.5 Å². The molecule has 31 heavy (non-hydrogen) atoms. The van der Waals surface area contributed by atoms with Crippen LogP contribution in [0, 0.1) is 0 Å². The van der Waals surface area contributed by atoms with E-state index in [0.717, 1.165) is 36.6 Å². The summed E-state index contributed by atoms with van der Waals surface area (Å²) < 4.78 is 0.529. The molecular formula is C22H23ClN4O2S2. The lowest BCUT2D eigenvalue weighted by molar-refractivity contribution is -0.118. The van der Waals surface area contributed by atoms with E-state index in [1.165, 1.54) is 33.8 Å². The lowest BCUT2D eigenvalue weighted by atomic mass is 10.0. The number of thiazole rings is 1. The average molecular weight is 475 g/mol. The molecule has 0 spiro atoms. The number of thiophene rings is 1. The van der Waals surface area contributed by atoms with Crippen LogP contribution in [0.15, 0.2) is 41.9 Å². The second-order valence-corrected chi connectivity index (χ2v) is 10.2. The Morgan fingerprint density at radius 2 is 2.00 bits per heavy atom. The van der Waals surface area contributed by atoms with Crippen LogP contribution >= 0.6 is 34.3 Å². The predicted molar refractivity (Wildman–Crippen MR) is 126 cm³/mol. The van der Waals surface area contributed by atoms with Gasteiger partial charge in [-0.3, -0.25) is 9.59 Å². The van der Waals surface area contributed by atoms with Crippen molar-refractivity contribution >= 4 is 51.8 Å². The van der Waals surface area contributed by atoms with Crippen molar-refractivity contribution in [3.63, 3.8) is 0 Å². The van der Waals surface area contributed by atoms with E-state index < -0.39 is 6.04 Å². The van der Waals surface area contributed by atoms with Crippen LogP contribution in [0.2, 0.25) is 4.34 Å². The van der Waals surface area contributed by atoms with Gasteiger partial charge in [-0.1, -0.05) is 17.7 Å². The zero-order valence-corrected chi connectivity index (χ0v) is 19.4. The number of carbonyl (C=O) groups is 2. The maximum Gasteiger partial charge on any atom is 0.262 e. The van der Waals surface area contributed by atoms with Crippen molar-refractivity contribution in [1.29, 1.82) is 0 Å². The lowest BCUT2D eigenvalue weighted by Gasteiger charge is -2.18. The molecule has 6 nitrogen and oxygen atoms in total. The number of carbonyl (C=O) groups excluding carboxylic acids is 2. The standard InChI is InChI=1S/C22H23ClN4O2S2/c1-27-9-6-14-2-3-16(12-15(14)7-10-27)25-21(28)17(13-20-24-8-11-30-20)26-22(29)18-4-5-19(23)31-18/h2-5,8,11-12,17H,6-7,9-10,13H2,1H3,(H,25,28)(H,26,29). The monoisotopic (exact) mass is 474 g/mol. The highest BCUT2D eigenvalue weighted by Gasteiger charge is 2.24. The molecule has 2 amide bonds. The minimum Gasteiger partial charge on any atom is -0.339 e. The summed E-state index contributed by atoms with van der Waals surface area (Å²) in [7, 11) is 2.13. The Morgan fingerprint density at radius 1 is 1.19 bits per heavy atom. The smallest absolute Gasteiger partial charge is 0.262 e. The van der Waals surface area contributed by atoms with Gasteiger partial charge in [-0.05, 0) is 55.3 Å². The Kier molecular flexibility index (Phi) is 7.02. The number of amides is 2. The van der Waals surface area contributed by atoms with Gasteiger partial charge in [-0.15, -0.1) is 22.7 Å². The Balaban J connectivity index is 1.49. The number of rotatable bonds is 6. The van der Waals surface area contributed by atoms with Gasteiger partial charge in [0.15, 0.2) is 0 Å². The third kappa shape index (κ3) is 5.71. The van der Waals surface area contributed by atoms with Crippen LogP contribution in [0.4, 0.5) is 5.69 Å². The fourth-order valence-corrected chi connectivity index (χ4v) is 5.16. The quantitative estimate of drug-likeness (QED) is 0.568. The normalized spacial score (nSPS) is 15.0. The first-order valence-corrected chi connectivity index (χ1v) is 12.1. The molecule has 4 rings (SSSR count). The highest BCUT2D eigenvalue weighted by atomic mass is 35.5. The predicted octanol–water partition coefficient (Wildman–Crippen LogP) is 3.87. The van der Waals surface area contributed by atoms with Crippen molar-refractivity contribution in [3.8, 4) is 0 Å². The molecule has 1 unspecified atom stereocenters. The molecular weight excluding hydrogens is 452 g/mol. The topological polar surface area (TPSA) is 74.3 Å². The fraction of sp³-hybridized carbons (Fsp3) is 0.318. The summed E-state index contributed by atoms with van der Waals surface area (Å²) in [4.78, 5) is 32.8. The molecule has 9 heteroatoms. The van der Waals surface area contributed by atoms with Crippen molar-refractivity contribution in [3.05, 3.63) is 67.3 Å². The number of nitrogens with zero attached hydrogens (tertiary/aromatic N) is 2. The van der Waals surface area contributed by atoms with Gasteiger partial charge < -0.3 is 15.5 Å². The van der Waals surface area contributed by atoms with Crippen LogP contribution in [0.3, 0.4) is 0 Å². The van der Waals surface area contributed by atoms with Gasteiger partial charge in [0.2, 0.25) is 5.91 Å². The van der Waals surface area contributed by atoms with Crippen LogP contribution in [-0.4, -0.2) is 47.9 Å². The van der Waals surface area contributed by atoms with E-state index in [4.69, 9.17) is 11.6 Å². The molecule has 3 heterocycles. The van der Waals surface area contributed by atoms with Gasteiger partial charge >= 0.3 is 0 Å². The maximum atomic E-state index is 13.1. The van der Waals surface area contributed by atoms with Gasteiger partial charge in [-0.2, -0.15) is 0 Å². The second kappa shape index (κ2) is 9.91. The Labute approximate surface area is 194 Å². The van der Waals surface area contributed by atoms with E-state index >= 15 is 0 Å². The first kappa shape index (κ1) is 22.0. The third-order valence-corrected chi connectivity index (χ3v) is 7.31. The van der Waals surface area contributed by atoms with Gasteiger partial charge in [0.1, 0.15) is 6.04 Å². The molecule has 3 aromatic rings. The summed E-state index contributed by atoms with van der Waals surface area (Å²) in [6.45, 7) is 2.03. The second-order valence-electron chi connectivity index (χ2n) is 7.54. The minimum absolute atomic E-state index is 0.267. The lowest BCUT2D eigenvalue weighted by Crippen LogP contribution is -2.45. The number of anilines is 1. The number of hydrogen-bond acceptors (Lipinski definition) is 6. The van der Waals surface area contributed by atoms with Gasteiger partial charge in [0.25, 0.3) is 5.91 Å². The van der Waals surface area contributed by atoms with Crippen LogP contribution in [0.1, 0.15) is 25.8 Å². The molecule has 162 valence electrons. The Morgan fingerprint density at radius 3 is 2.71 bits per heavy atom. The van der Waals surface area contributed by atoms with Crippen molar-refractivity contribution in [2.24, 2.45) is 0 Å². The molecule has 1 aliphatic heterocycles. The molecule has 0 bridgehead atoms. The average Bonchev–Trinajstić information content (AvgIpc) is 3.38. The van der Waals surface area contributed by atoms with E-state index in [1.54, 1.807) is 18.3 Å². The highest BCUT2D eigenvalue weighted by molar-refractivity contribution is 7.18. The summed E-state index contributed by atoms with van der Waals surface area (Å²) >= 11 is 8.59. The van der Waals surface area contributed by atoms with E-state index in [1.807, 2.05) is 17.5 Å². The third-order valence-electron chi connectivity index (χ3n) is 5.28. The fourth-order valence-electron chi connectivity index (χ4n) is 3.55. The Bertz CT molecular complexity index is 1070. The van der Waals surface area contributed by atoms with E-state index in [0.29, 0.717) is 15.6 Å². The zero-order chi connectivity index (χ0) is 21.8. The molecule has 1 aromatic carbocycles. The van der Waals surface area contributed by atoms with Gasteiger partial charge in [-0.25, -0.2) is 4.98 Å². The molecule has 0 radical (unpaired) electrons. The Hall–Kier alpha value is -2.26. The SMILES string of the molecule is CN1CCc2ccc(NC(=O)C(Cc3nccs3)NC(=O)c3ccc(Cl)s3)cc2CC1. The molecule has 2 N–H and O–H groups in total. The number of benzene rings is 1. The minimum atomic E-state index is -0.746. The number of fused-ring (bicyclic) bond motifs is 1. The highest BCUT2D eigenvalue weighted by Crippen LogP contribution is 2.23. The van der Waals surface area contributed by atoms with E-state index in [9.17, 15) is 9.59 Å². The summed E-state index contributed by atoms with van der Waals surface area (Å²) in [6.07, 6.45) is 3.98. The number of hydrogen-bond donors (Lipinski definition) is 2. The van der Waals surface area contributed by atoms with Crippen molar-refractivity contribution in [1.82, 2.24) is 15.2 Å². The van der Waals surface area contributed by atoms with Crippen LogP contribution in [0.25, 0.3) is 0 Å². The molecule has 2 aromatic heterocycles. The summed E-state index contributed by atoms with van der Waals surface area (Å²) in [5, 5.41) is 8.47. The van der Waals surface area contributed by atoms with Crippen LogP contribution in [-0.2, 0) is 24.1 Å². The number of aromatic nitrogens is 1. The summed E-state index contributed by atoms with van der Waals surface area (Å²) in [5.74, 6) is -0.588. The molecule has 1 aliphatic rings. The summed E-state index contributed by atoms with van der Waals surface area (Å²) in [6, 6.07) is 8.65. The van der Waals surface area contributed by atoms with Crippen molar-refractivity contribution in [2.45, 2.75) is 25.3 Å². The molecule has 0 saturated heterocycles. The molecule has 0 fully saturated rings. The molecule has 0 aliphatic carbocycles. The molecule has 1 atom stereocenters. The largest absolute Gasteiger partial charge is 0.339 e. The maximum absolute atomic E-state index is 13.1. The van der Waals surface area contributed by atoms with Crippen molar-refractivity contribution < 1.29 is 9.59 Å². The molecule has 0 saturated carbocycles. The zero-order valence-electron chi connectivity index (χ0n) is 17.1. The number of likely N-dealkylation sites (N-methyl/N-ethyl adjacent to an activating group) is 1.